The Bertz CT molecular complexity index is 365. The van der Waals surface area contributed by atoms with Crippen molar-refractivity contribution in [2.24, 2.45) is 12.0 Å². The van der Waals surface area contributed by atoms with E-state index in [-0.39, 0.29) is 24.0 Å². The van der Waals surface area contributed by atoms with Crippen LogP contribution in [0.4, 0.5) is 0 Å². The average Bonchev–Trinajstić information content (AvgIpc) is 2.67. The van der Waals surface area contributed by atoms with Crippen molar-refractivity contribution in [1.82, 2.24) is 20.4 Å². The topological polar surface area (TPSA) is 54.2 Å². The highest BCUT2D eigenvalue weighted by Gasteiger charge is 2.05. The molecular weight excluding hydrogens is 341 g/mol. The minimum absolute atomic E-state index is 0. The van der Waals surface area contributed by atoms with Crippen LogP contribution >= 0.6 is 24.0 Å². The normalized spacial score (nSPS) is 9.56. The zero-order valence-corrected chi connectivity index (χ0v) is 14.0. The average molecular weight is 365 g/mol. The molecule has 0 radical (unpaired) electrons. The highest BCUT2D eigenvalue weighted by atomic mass is 127. The zero-order valence-electron chi connectivity index (χ0n) is 11.7. The molecule has 2 N–H and O–H groups in total. The van der Waals surface area contributed by atoms with Crippen molar-refractivity contribution in [3.05, 3.63) is 17.5 Å². The molecule has 1 aromatic heterocycles. The third kappa shape index (κ3) is 5.24. The highest BCUT2D eigenvalue weighted by molar-refractivity contribution is 14.0. The lowest BCUT2D eigenvalue weighted by atomic mass is 10.2. The van der Waals surface area contributed by atoms with Crippen LogP contribution < -0.4 is 10.6 Å². The minimum atomic E-state index is 0. The SMILES string of the molecule is CCNC(=NCc1cn(C)nc1CC)NCC.I. The van der Waals surface area contributed by atoms with Crippen LogP contribution in [0.1, 0.15) is 32.0 Å². The van der Waals surface area contributed by atoms with Gasteiger partial charge in [-0.15, -0.1) is 24.0 Å². The Kier molecular flexibility index (Phi) is 8.78. The van der Waals surface area contributed by atoms with Gasteiger partial charge in [0.25, 0.3) is 0 Å². The summed E-state index contributed by atoms with van der Waals surface area (Å²) >= 11 is 0. The van der Waals surface area contributed by atoms with Crippen molar-refractivity contribution in [1.29, 1.82) is 0 Å². The largest absolute Gasteiger partial charge is 0.357 e. The van der Waals surface area contributed by atoms with E-state index in [2.05, 4.69) is 41.5 Å². The molecule has 5 nitrogen and oxygen atoms in total. The molecule has 0 fully saturated rings. The highest BCUT2D eigenvalue weighted by Crippen LogP contribution is 2.08. The molecule has 0 saturated heterocycles. The van der Waals surface area contributed by atoms with Crippen LogP contribution in [-0.2, 0) is 20.0 Å². The number of aryl methyl sites for hydroxylation is 2. The number of aliphatic imine (C=N–C) groups is 1. The van der Waals surface area contributed by atoms with Crippen LogP contribution in [0, 0.1) is 0 Å². The minimum Gasteiger partial charge on any atom is -0.357 e. The molecule has 0 amide bonds. The lowest BCUT2D eigenvalue weighted by Crippen LogP contribution is -2.36. The molecule has 6 heteroatoms. The Morgan fingerprint density at radius 2 is 1.89 bits per heavy atom. The fourth-order valence-electron chi connectivity index (χ4n) is 1.69. The van der Waals surface area contributed by atoms with Crippen LogP contribution in [0.5, 0.6) is 0 Å². The first-order chi connectivity index (χ1) is 8.21. The number of aromatic nitrogens is 2. The van der Waals surface area contributed by atoms with Crippen molar-refractivity contribution >= 4 is 29.9 Å². The summed E-state index contributed by atoms with van der Waals surface area (Å²) in [7, 11) is 1.95. The maximum Gasteiger partial charge on any atom is 0.191 e. The molecule has 1 heterocycles. The fourth-order valence-corrected chi connectivity index (χ4v) is 1.69. The van der Waals surface area contributed by atoms with Gasteiger partial charge in [0.15, 0.2) is 5.96 Å². The fraction of sp³-hybridized carbons (Fsp3) is 0.667. The summed E-state index contributed by atoms with van der Waals surface area (Å²) < 4.78 is 1.85. The second kappa shape index (κ2) is 9.18. The molecular formula is C12H24IN5. The Morgan fingerprint density at radius 3 is 2.39 bits per heavy atom. The van der Waals surface area contributed by atoms with E-state index in [1.165, 1.54) is 5.56 Å². The molecule has 0 aliphatic carbocycles. The van der Waals surface area contributed by atoms with Crippen molar-refractivity contribution < 1.29 is 0 Å². The summed E-state index contributed by atoms with van der Waals surface area (Å²) in [5.41, 5.74) is 2.33. The van der Waals surface area contributed by atoms with Crippen molar-refractivity contribution in [2.45, 2.75) is 33.7 Å². The van der Waals surface area contributed by atoms with E-state index < -0.39 is 0 Å². The first-order valence-electron chi connectivity index (χ1n) is 6.24. The Morgan fingerprint density at radius 1 is 1.28 bits per heavy atom. The third-order valence-corrected chi connectivity index (χ3v) is 2.42. The van der Waals surface area contributed by atoms with Crippen LogP contribution in [0.25, 0.3) is 0 Å². The van der Waals surface area contributed by atoms with Gasteiger partial charge in [-0.25, -0.2) is 4.99 Å². The van der Waals surface area contributed by atoms with E-state index in [4.69, 9.17) is 0 Å². The molecule has 0 aliphatic heterocycles. The molecule has 0 saturated carbocycles. The molecule has 0 unspecified atom stereocenters. The Hall–Kier alpha value is -0.790. The van der Waals surface area contributed by atoms with Crippen LogP contribution in [-0.4, -0.2) is 28.8 Å². The van der Waals surface area contributed by atoms with E-state index >= 15 is 0 Å². The molecule has 0 bridgehead atoms. The number of nitrogens with one attached hydrogen (secondary N) is 2. The van der Waals surface area contributed by atoms with Gasteiger partial charge in [-0.3, -0.25) is 4.68 Å². The standard InChI is InChI=1S/C12H23N5.HI/c1-5-11-10(9-17(4)16-11)8-15-12(13-6-2)14-7-3;/h9H,5-8H2,1-4H3,(H2,13,14,15);1H. The summed E-state index contributed by atoms with van der Waals surface area (Å²) in [6.45, 7) is 8.67. The molecule has 0 aromatic carbocycles. The van der Waals surface area contributed by atoms with Crippen LogP contribution in [0.3, 0.4) is 0 Å². The molecule has 18 heavy (non-hydrogen) atoms. The predicted octanol–water partition coefficient (Wildman–Crippen LogP) is 1.68. The lowest BCUT2D eigenvalue weighted by Gasteiger charge is -2.08. The monoisotopic (exact) mass is 365 g/mol. The van der Waals surface area contributed by atoms with Gasteiger partial charge in [0.1, 0.15) is 0 Å². The molecule has 0 spiro atoms. The van der Waals surface area contributed by atoms with E-state index in [1.54, 1.807) is 0 Å². The Balaban J connectivity index is 0.00000289. The number of hydrogen-bond donors (Lipinski definition) is 2. The van der Waals surface area contributed by atoms with Gasteiger partial charge in [-0.05, 0) is 20.3 Å². The van der Waals surface area contributed by atoms with E-state index in [0.717, 1.165) is 31.2 Å². The molecule has 0 aliphatic rings. The predicted molar refractivity (Wildman–Crippen MR) is 86.5 cm³/mol. The molecule has 1 aromatic rings. The van der Waals surface area contributed by atoms with Gasteiger partial charge < -0.3 is 10.6 Å². The number of guanidine groups is 1. The van der Waals surface area contributed by atoms with Crippen LogP contribution in [0.2, 0.25) is 0 Å². The van der Waals surface area contributed by atoms with E-state index in [9.17, 15) is 0 Å². The Labute approximate surface area is 126 Å². The lowest BCUT2D eigenvalue weighted by molar-refractivity contribution is 0.746. The maximum absolute atomic E-state index is 4.54. The van der Waals surface area contributed by atoms with Gasteiger partial charge in [0.05, 0.1) is 12.2 Å². The number of rotatable bonds is 5. The van der Waals surface area contributed by atoms with Gasteiger partial charge in [0.2, 0.25) is 0 Å². The smallest absolute Gasteiger partial charge is 0.191 e. The van der Waals surface area contributed by atoms with Crippen molar-refractivity contribution in [3.8, 4) is 0 Å². The summed E-state index contributed by atoms with van der Waals surface area (Å²) in [5, 5.41) is 10.8. The van der Waals surface area contributed by atoms with E-state index in [1.807, 2.05) is 17.9 Å². The molecule has 0 atom stereocenters. The van der Waals surface area contributed by atoms with Gasteiger partial charge in [-0.1, -0.05) is 6.92 Å². The summed E-state index contributed by atoms with van der Waals surface area (Å²) in [6.07, 6.45) is 2.99. The van der Waals surface area contributed by atoms with Gasteiger partial charge in [0, 0.05) is 31.9 Å². The third-order valence-electron chi connectivity index (χ3n) is 2.42. The quantitative estimate of drug-likeness (QED) is 0.474. The van der Waals surface area contributed by atoms with Gasteiger partial charge >= 0.3 is 0 Å². The first kappa shape index (κ1) is 17.2. The number of nitrogens with zero attached hydrogens (tertiary/aromatic N) is 3. The second-order valence-corrected chi connectivity index (χ2v) is 3.85. The van der Waals surface area contributed by atoms with E-state index in [0.29, 0.717) is 6.54 Å². The first-order valence-corrected chi connectivity index (χ1v) is 6.24. The molecule has 104 valence electrons. The molecule has 1 rings (SSSR count). The summed E-state index contributed by atoms with van der Waals surface area (Å²) in [6, 6.07) is 0. The zero-order chi connectivity index (χ0) is 12.7. The number of halogens is 1. The summed E-state index contributed by atoms with van der Waals surface area (Å²) in [5.74, 6) is 0.862. The maximum atomic E-state index is 4.54. The van der Waals surface area contributed by atoms with Gasteiger partial charge in [-0.2, -0.15) is 5.10 Å². The van der Waals surface area contributed by atoms with Crippen molar-refractivity contribution in [3.63, 3.8) is 0 Å². The number of hydrogen-bond acceptors (Lipinski definition) is 2. The second-order valence-electron chi connectivity index (χ2n) is 3.85. The summed E-state index contributed by atoms with van der Waals surface area (Å²) in [4.78, 5) is 4.54. The van der Waals surface area contributed by atoms with Crippen LogP contribution in [0.15, 0.2) is 11.2 Å². The van der Waals surface area contributed by atoms with Crippen molar-refractivity contribution in [2.75, 3.05) is 13.1 Å².